The number of rotatable bonds is 2. The molecule has 0 bridgehead atoms. The van der Waals surface area contributed by atoms with E-state index < -0.39 is 12.6 Å². The standard InChI is InChI=1S/C36H36NO2P/c1-22-19-23(2)31(24(3)20-22)33-27-15-10-8-13-25(27)32(26-14-9-11-16-28(26)33)29-17-12-18-30-34(29)40(7,39)21-37(30)35(38)36(4,5)6/h8-20H,21H2,1-7H3. The van der Waals surface area contributed by atoms with Gasteiger partial charge < -0.3 is 9.46 Å². The van der Waals surface area contributed by atoms with E-state index in [-0.39, 0.29) is 12.2 Å². The normalized spacial score (nSPS) is 17.0. The molecule has 0 radical (unpaired) electrons. The zero-order valence-corrected chi connectivity index (χ0v) is 25.3. The summed E-state index contributed by atoms with van der Waals surface area (Å²) in [6, 6.07) is 27.8. The zero-order valence-electron chi connectivity index (χ0n) is 24.4. The van der Waals surface area contributed by atoms with E-state index in [0.717, 1.165) is 32.9 Å². The van der Waals surface area contributed by atoms with Crippen LogP contribution in [0.4, 0.5) is 5.69 Å². The van der Waals surface area contributed by atoms with Crippen molar-refractivity contribution in [3.63, 3.8) is 0 Å². The number of carbonyl (C=O) groups is 1. The smallest absolute Gasteiger partial charge is 0.232 e. The Bertz CT molecular complexity index is 1830. The van der Waals surface area contributed by atoms with Gasteiger partial charge in [0.25, 0.3) is 0 Å². The maximum atomic E-state index is 14.4. The van der Waals surface area contributed by atoms with E-state index in [0.29, 0.717) is 0 Å². The van der Waals surface area contributed by atoms with Gasteiger partial charge in [-0.2, -0.15) is 0 Å². The second-order valence-corrected chi connectivity index (χ2v) is 15.4. The van der Waals surface area contributed by atoms with Crippen LogP contribution in [-0.4, -0.2) is 18.9 Å². The summed E-state index contributed by atoms with van der Waals surface area (Å²) in [4.78, 5) is 15.2. The van der Waals surface area contributed by atoms with Crippen molar-refractivity contribution in [3.05, 3.63) is 95.6 Å². The van der Waals surface area contributed by atoms with Gasteiger partial charge in [-0.3, -0.25) is 4.79 Å². The minimum atomic E-state index is -2.86. The molecule has 5 aromatic carbocycles. The Labute approximate surface area is 237 Å². The van der Waals surface area contributed by atoms with Crippen LogP contribution in [0.2, 0.25) is 0 Å². The van der Waals surface area contributed by atoms with Crippen LogP contribution in [0.25, 0.3) is 43.8 Å². The number of amides is 1. The average molecular weight is 546 g/mol. The summed E-state index contributed by atoms with van der Waals surface area (Å²) in [6.45, 7) is 14.2. The maximum absolute atomic E-state index is 14.4. The molecule has 1 aliphatic rings. The number of hydrogen-bond donors (Lipinski definition) is 0. The predicted octanol–water partition coefficient (Wildman–Crippen LogP) is 9.22. The molecule has 40 heavy (non-hydrogen) atoms. The molecule has 1 aliphatic heterocycles. The fraction of sp³-hybridized carbons (Fsp3) is 0.250. The van der Waals surface area contributed by atoms with Crippen molar-refractivity contribution in [2.75, 3.05) is 17.9 Å². The van der Waals surface area contributed by atoms with Gasteiger partial charge in [0.2, 0.25) is 5.91 Å². The van der Waals surface area contributed by atoms with E-state index >= 15 is 0 Å². The molecule has 5 aromatic rings. The molecule has 6 rings (SSSR count). The number of benzene rings is 5. The lowest BCUT2D eigenvalue weighted by molar-refractivity contribution is -0.125. The van der Waals surface area contributed by atoms with Crippen LogP contribution in [0.5, 0.6) is 0 Å². The molecular weight excluding hydrogens is 509 g/mol. The van der Waals surface area contributed by atoms with E-state index in [9.17, 15) is 9.36 Å². The summed E-state index contributed by atoms with van der Waals surface area (Å²) in [5.74, 6) is 0.000797. The predicted molar refractivity (Wildman–Crippen MR) is 172 cm³/mol. The average Bonchev–Trinajstić information content (AvgIpc) is 3.17. The Morgan fingerprint density at radius 3 is 1.73 bits per heavy atom. The quantitative estimate of drug-likeness (QED) is 0.164. The molecule has 1 atom stereocenters. The van der Waals surface area contributed by atoms with Gasteiger partial charge in [0.15, 0.2) is 0 Å². The number of fused-ring (bicyclic) bond motifs is 3. The Balaban J connectivity index is 1.75. The molecule has 1 amide bonds. The molecule has 0 spiro atoms. The number of carbonyl (C=O) groups excluding carboxylic acids is 1. The second kappa shape index (κ2) is 9.18. The van der Waals surface area contributed by atoms with E-state index in [1.54, 1.807) is 4.90 Å². The molecule has 0 N–H and O–H groups in total. The summed E-state index contributed by atoms with van der Waals surface area (Å²) < 4.78 is 14.4. The Morgan fingerprint density at radius 1 is 0.725 bits per heavy atom. The van der Waals surface area contributed by atoms with E-state index in [2.05, 4.69) is 87.5 Å². The van der Waals surface area contributed by atoms with Gasteiger partial charge in [-0.25, -0.2) is 0 Å². The minimum absolute atomic E-state index is 0.000797. The summed E-state index contributed by atoms with van der Waals surface area (Å²) >= 11 is 0. The first-order chi connectivity index (χ1) is 18.9. The van der Waals surface area contributed by atoms with Crippen molar-refractivity contribution < 1.29 is 9.36 Å². The molecule has 0 aromatic heterocycles. The summed E-state index contributed by atoms with van der Waals surface area (Å²) in [5.41, 5.74) is 8.55. The zero-order chi connectivity index (χ0) is 28.6. The molecule has 0 fully saturated rings. The van der Waals surface area contributed by atoms with Gasteiger partial charge in [0.05, 0.1) is 12.0 Å². The number of nitrogens with zero attached hydrogens (tertiary/aromatic N) is 1. The topological polar surface area (TPSA) is 37.4 Å². The van der Waals surface area contributed by atoms with Gasteiger partial charge in [0.1, 0.15) is 7.14 Å². The highest BCUT2D eigenvalue weighted by Crippen LogP contribution is 2.55. The lowest BCUT2D eigenvalue weighted by Crippen LogP contribution is -2.38. The van der Waals surface area contributed by atoms with Gasteiger partial charge in [-0.15, -0.1) is 0 Å². The number of aryl methyl sites for hydroxylation is 3. The summed E-state index contributed by atoms with van der Waals surface area (Å²) in [5, 5.41) is 5.43. The molecule has 4 heteroatoms. The summed E-state index contributed by atoms with van der Waals surface area (Å²) in [6.07, 6.45) is 0.241. The van der Waals surface area contributed by atoms with Crippen LogP contribution in [0.1, 0.15) is 37.5 Å². The molecule has 202 valence electrons. The third-order valence-corrected chi connectivity index (χ3v) is 10.4. The van der Waals surface area contributed by atoms with Crippen molar-refractivity contribution in [2.24, 2.45) is 5.41 Å². The molecule has 1 heterocycles. The fourth-order valence-corrected chi connectivity index (χ4v) is 9.04. The highest BCUT2D eigenvalue weighted by atomic mass is 31.2. The Morgan fingerprint density at radius 2 is 1.23 bits per heavy atom. The highest BCUT2D eigenvalue weighted by Gasteiger charge is 2.42. The van der Waals surface area contributed by atoms with Crippen LogP contribution >= 0.6 is 7.14 Å². The van der Waals surface area contributed by atoms with Crippen molar-refractivity contribution in [1.29, 1.82) is 0 Å². The SMILES string of the molecule is Cc1cc(C)c(-c2c3ccccc3c(-c3cccc4c3P(C)(=O)CN4C(=O)C(C)(C)C)c3ccccc23)c(C)c1. The van der Waals surface area contributed by atoms with Gasteiger partial charge in [-0.05, 0) is 88.4 Å². The second-order valence-electron chi connectivity index (χ2n) is 12.5. The monoisotopic (exact) mass is 545 g/mol. The van der Waals surface area contributed by atoms with Crippen LogP contribution < -0.4 is 10.2 Å². The molecule has 1 unspecified atom stereocenters. The van der Waals surface area contributed by atoms with Gasteiger partial charge in [0, 0.05) is 10.7 Å². The molecule has 0 saturated heterocycles. The van der Waals surface area contributed by atoms with Crippen LogP contribution in [0, 0.1) is 26.2 Å². The molecule has 3 nitrogen and oxygen atoms in total. The first-order valence-electron chi connectivity index (χ1n) is 13.9. The number of hydrogen-bond acceptors (Lipinski definition) is 2. The van der Waals surface area contributed by atoms with Crippen LogP contribution in [-0.2, 0) is 9.36 Å². The first kappa shape index (κ1) is 26.5. The molecular formula is C36H36NO2P. The highest BCUT2D eigenvalue weighted by molar-refractivity contribution is 7.72. The first-order valence-corrected chi connectivity index (χ1v) is 16.3. The molecule has 0 aliphatic carbocycles. The van der Waals surface area contributed by atoms with Gasteiger partial charge in [-0.1, -0.05) is 99.1 Å². The lowest BCUT2D eigenvalue weighted by Gasteiger charge is -2.26. The summed E-state index contributed by atoms with van der Waals surface area (Å²) in [7, 11) is -2.86. The lowest BCUT2D eigenvalue weighted by atomic mass is 9.83. The van der Waals surface area contributed by atoms with E-state index in [1.165, 1.54) is 38.6 Å². The van der Waals surface area contributed by atoms with Gasteiger partial charge >= 0.3 is 0 Å². The van der Waals surface area contributed by atoms with Crippen molar-refractivity contribution in [2.45, 2.75) is 41.5 Å². The van der Waals surface area contributed by atoms with Crippen LogP contribution in [0.3, 0.4) is 0 Å². The largest absolute Gasteiger partial charge is 0.317 e. The molecule has 0 saturated carbocycles. The maximum Gasteiger partial charge on any atom is 0.232 e. The Hall–Kier alpha value is -3.68. The third-order valence-electron chi connectivity index (χ3n) is 8.20. The fourth-order valence-electron chi connectivity index (χ4n) is 6.71. The van der Waals surface area contributed by atoms with Crippen molar-refractivity contribution in [3.8, 4) is 22.3 Å². The van der Waals surface area contributed by atoms with E-state index in [1.807, 2.05) is 39.6 Å². The third kappa shape index (κ3) is 4.02. The van der Waals surface area contributed by atoms with Crippen molar-refractivity contribution >= 4 is 45.6 Å². The van der Waals surface area contributed by atoms with Crippen LogP contribution in [0.15, 0.2) is 78.9 Å². The van der Waals surface area contributed by atoms with Crippen molar-refractivity contribution in [1.82, 2.24) is 0 Å². The number of anilines is 1. The van der Waals surface area contributed by atoms with E-state index in [4.69, 9.17) is 0 Å². The Kier molecular flexibility index (Phi) is 6.09. The minimum Gasteiger partial charge on any atom is -0.317 e.